The number of nitrogens with one attached hydrogen (secondary N) is 2. The van der Waals surface area contributed by atoms with Crippen LogP contribution in [0.1, 0.15) is 23.7 Å². The van der Waals surface area contributed by atoms with E-state index in [9.17, 15) is 4.79 Å². The Morgan fingerprint density at radius 2 is 2.14 bits per heavy atom. The number of thioether (sulfide) groups is 1. The van der Waals surface area contributed by atoms with Crippen molar-refractivity contribution >= 4 is 34.5 Å². The van der Waals surface area contributed by atoms with E-state index in [0.29, 0.717) is 29.7 Å². The minimum atomic E-state index is -0.244. The maximum Gasteiger partial charge on any atom is 0.258 e. The molecule has 3 aromatic rings. The van der Waals surface area contributed by atoms with E-state index in [2.05, 4.69) is 37.7 Å². The largest absolute Gasteiger partial charge is 0.479 e. The summed E-state index contributed by atoms with van der Waals surface area (Å²) in [5.74, 6) is 0.839. The van der Waals surface area contributed by atoms with Gasteiger partial charge in [0.25, 0.3) is 5.91 Å². The third kappa shape index (κ3) is 4.19. The molecule has 28 heavy (non-hydrogen) atoms. The molecule has 0 aliphatic carbocycles. The van der Waals surface area contributed by atoms with Gasteiger partial charge in [0, 0.05) is 26.3 Å². The SMILES string of the molecule is CCCNc1nc(SC)nc2c1cnn2CCNC(=O)c1cn(C)nc1OC. The summed E-state index contributed by atoms with van der Waals surface area (Å²) < 4.78 is 8.45. The number of aromatic nitrogens is 6. The number of carbonyl (C=O) groups is 1. The molecule has 3 heterocycles. The van der Waals surface area contributed by atoms with Gasteiger partial charge in [0.1, 0.15) is 11.4 Å². The number of fused-ring (bicyclic) bond motifs is 1. The molecule has 0 aliphatic heterocycles. The molecule has 10 nitrogen and oxygen atoms in total. The van der Waals surface area contributed by atoms with Crippen molar-refractivity contribution in [3.63, 3.8) is 0 Å². The van der Waals surface area contributed by atoms with Crippen LogP contribution in [-0.4, -0.2) is 61.9 Å². The smallest absolute Gasteiger partial charge is 0.258 e. The maximum atomic E-state index is 12.4. The van der Waals surface area contributed by atoms with Crippen molar-refractivity contribution in [2.75, 3.05) is 31.8 Å². The summed E-state index contributed by atoms with van der Waals surface area (Å²) in [4.78, 5) is 21.5. The molecule has 0 atom stereocenters. The van der Waals surface area contributed by atoms with Crippen molar-refractivity contribution in [2.45, 2.75) is 25.0 Å². The maximum absolute atomic E-state index is 12.4. The van der Waals surface area contributed by atoms with Crippen LogP contribution < -0.4 is 15.4 Å². The molecule has 0 radical (unpaired) electrons. The predicted octanol–water partition coefficient (Wildman–Crippen LogP) is 1.54. The first-order valence-corrected chi connectivity index (χ1v) is 10.2. The van der Waals surface area contributed by atoms with Gasteiger partial charge >= 0.3 is 0 Å². The fourth-order valence-electron chi connectivity index (χ4n) is 2.71. The Labute approximate surface area is 167 Å². The van der Waals surface area contributed by atoms with E-state index >= 15 is 0 Å². The molecular formula is C17H24N8O2S. The van der Waals surface area contributed by atoms with Crippen molar-refractivity contribution < 1.29 is 9.53 Å². The van der Waals surface area contributed by atoms with Gasteiger partial charge in [-0.2, -0.15) is 5.10 Å². The molecule has 0 fully saturated rings. The first-order chi connectivity index (χ1) is 13.6. The number of methoxy groups -OCH3 is 1. The molecule has 2 N–H and O–H groups in total. The van der Waals surface area contributed by atoms with Gasteiger partial charge in [0.2, 0.25) is 5.88 Å². The van der Waals surface area contributed by atoms with Crippen LogP contribution in [0.5, 0.6) is 5.88 Å². The van der Waals surface area contributed by atoms with Gasteiger partial charge in [-0.1, -0.05) is 18.7 Å². The lowest BCUT2D eigenvalue weighted by atomic mass is 10.3. The van der Waals surface area contributed by atoms with E-state index in [-0.39, 0.29) is 5.91 Å². The molecule has 0 saturated heterocycles. The van der Waals surface area contributed by atoms with Gasteiger partial charge in [-0.3, -0.25) is 9.48 Å². The summed E-state index contributed by atoms with van der Waals surface area (Å²) in [6.45, 7) is 3.80. The summed E-state index contributed by atoms with van der Waals surface area (Å²) in [5, 5.41) is 16.3. The number of hydrogen-bond acceptors (Lipinski definition) is 8. The number of hydrogen-bond donors (Lipinski definition) is 2. The van der Waals surface area contributed by atoms with Crippen LogP contribution in [0.4, 0.5) is 5.82 Å². The molecule has 0 spiro atoms. The number of carbonyl (C=O) groups excluding carboxylic acids is 1. The Hall–Kier alpha value is -2.82. The van der Waals surface area contributed by atoms with Gasteiger partial charge in [-0.25, -0.2) is 14.6 Å². The van der Waals surface area contributed by atoms with Crippen LogP contribution in [0.3, 0.4) is 0 Å². The second-order valence-corrected chi connectivity index (χ2v) is 6.85. The fourth-order valence-corrected chi connectivity index (χ4v) is 3.07. The third-order valence-electron chi connectivity index (χ3n) is 4.04. The van der Waals surface area contributed by atoms with Crippen LogP contribution in [-0.2, 0) is 13.6 Å². The number of nitrogens with zero attached hydrogens (tertiary/aromatic N) is 6. The van der Waals surface area contributed by atoms with Gasteiger partial charge in [-0.05, 0) is 12.7 Å². The highest BCUT2D eigenvalue weighted by atomic mass is 32.2. The minimum Gasteiger partial charge on any atom is -0.479 e. The molecule has 0 unspecified atom stereocenters. The average Bonchev–Trinajstić information content (AvgIpc) is 3.29. The van der Waals surface area contributed by atoms with E-state index in [1.54, 1.807) is 28.8 Å². The van der Waals surface area contributed by atoms with Crippen molar-refractivity contribution in [3.8, 4) is 5.88 Å². The van der Waals surface area contributed by atoms with Crippen LogP contribution in [0, 0.1) is 0 Å². The van der Waals surface area contributed by atoms with Crippen molar-refractivity contribution in [1.82, 2.24) is 34.8 Å². The highest BCUT2D eigenvalue weighted by Crippen LogP contribution is 2.23. The van der Waals surface area contributed by atoms with Crippen LogP contribution in [0.2, 0.25) is 0 Å². The minimum absolute atomic E-state index is 0.244. The second kappa shape index (κ2) is 8.91. The zero-order chi connectivity index (χ0) is 20.1. The van der Waals surface area contributed by atoms with Crippen LogP contribution >= 0.6 is 11.8 Å². The Kier molecular flexibility index (Phi) is 6.34. The Bertz CT molecular complexity index is 968. The first-order valence-electron chi connectivity index (χ1n) is 8.94. The van der Waals surface area contributed by atoms with E-state index in [1.807, 2.05) is 6.26 Å². The molecule has 0 aromatic carbocycles. The van der Waals surface area contributed by atoms with E-state index in [0.717, 1.165) is 29.8 Å². The molecule has 1 amide bonds. The van der Waals surface area contributed by atoms with E-state index < -0.39 is 0 Å². The van der Waals surface area contributed by atoms with Gasteiger partial charge in [0.15, 0.2) is 10.8 Å². The van der Waals surface area contributed by atoms with Crippen LogP contribution in [0.15, 0.2) is 17.6 Å². The lowest BCUT2D eigenvalue weighted by Gasteiger charge is -2.08. The van der Waals surface area contributed by atoms with Gasteiger partial charge < -0.3 is 15.4 Å². The molecule has 0 bridgehead atoms. The van der Waals surface area contributed by atoms with Crippen molar-refractivity contribution in [2.24, 2.45) is 7.05 Å². The van der Waals surface area contributed by atoms with Crippen molar-refractivity contribution in [3.05, 3.63) is 18.0 Å². The number of rotatable bonds is 9. The van der Waals surface area contributed by atoms with E-state index in [1.165, 1.54) is 18.9 Å². The molecule has 3 aromatic heterocycles. The number of aryl methyl sites for hydroxylation is 1. The second-order valence-electron chi connectivity index (χ2n) is 6.07. The molecule has 0 aliphatic rings. The molecule has 150 valence electrons. The summed E-state index contributed by atoms with van der Waals surface area (Å²) >= 11 is 1.48. The van der Waals surface area contributed by atoms with E-state index in [4.69, 9.17) is 4.74 Å². The molecule has 3 rings (SSSR count). The third-order valence-corrected chi connectivity index (χ3v) is 4.59. The average molecular weight is 405 g/mol. The highest BCUT2D eigenvalue weighted by molar-refractivity contribution is 7.98. The highest BCUT2D eigenvalue weighted by Gasteiger charge is 2.17. The summed E-state index contributed by atoms with van der Waals surface area (Å²) in [6, 6.07) is 0. The standard InChI is InChI=1S/C17H24N8O2S/c1-5-6-18-13-11-9-20-25(14(11)22-17(21-13)28-4)8-7-19-15(26)12-10-24(2)23-16(12)27-3/h9-10H,5-8H2,1-4H3,(H,19,26)(H,18,21,22). The summed E-state index contributed by atoms with van der Waals surface area (Å²) in [6.07, 6.45) is 6.32. The molecular weight excluding hydrogens is 380 g/mol. The normalized spacial score (nSPS) is 11.0. The summed E-state index contributed by atoms with van der Waals surface area (Å²) in [7, 11) is 3.23. The predicted molar refractivity (Wildman–Crippen MR) is 108 cm³/mol. The Morgan fingerprint density at radius 1 is 1.32 bits per heavy atom. The first kappa shape index (κ1) is 19.9. The number of ether oxygens (including phenoxy) is 1. The lowest BCUT2D eigenvalue weighted by molar-refractivity contribution is 0.0949. The fraction of sp³-hybridized carbons (Fsp3) is 0.471. The monoisotopic (exact) mass is 404 g/mol. The number of amides is 1. The molecule has 0 saturated carbocycles. The van der Waals surface area contributed by atoms with Gasteiger partial charge in [0.05, 0.1) is 25.2 Å². The Morgan fingerprint density at radius 3 is 2.86 bits per heavy atom. The summed E-state index contributed by atoms with van der Waals surface area (Å²) in [5.41, 5.74) is 1.14. The van der Waals surface area contributed by atoms with Gasteiger partial charge in [-0.15, -0.1) is 5.10 Å². The van der Waals surface area contributed by atoms with Crippen molar-refractivity contribution in [1.29, 1.82) is 0 Å². The quantitative estimate of drug-likeness (QED) is 0.408. The topological polar surface area (TPSA) is 112 Å². The zero-order valence-electron chi connectivity index (χ0n) is 16.4. The van der Waals surface area contributed by atoms with Crippen LogP contribution in [0.25, 0.3) is 11.0 Å². The molecule has 11 heteroatoms. The lowest BCUT2D eigenvalue weighted by Crippen LogP contribution is -2.27. The zero-order valence-corrected chi connectivity index (χ0v) is 17.2. The number of anilines is 1. The Balaban J connectivity index is 1.73.